The highest BCUT2D eigenvalue weighted by Gasteiger charge is 2.24. The first kappa shape index (κ1) is 13.9. The monoisotopic (exact) mass is 298 g/mol. The van der Waals surface area contributed by atoms with Crippen LogP contribution in [0.25, 0.3) is 22.1 Å². The van der Waals surface area contributed by atoms with Crippen LogP contribution >= 0.6 is 0 Å². The summed E-state index contributed by atoms with van der Waals surface area (Å²) in [5, 5.41) is 15.3. The number of aromatic hydroxyl groups is 1. The first-order chi connectivity index (χ1) is 10.3. The summed E-state index contributed by atoms with van der Waals surface area (Å²) in [7, 11) is 0. The fraction of sp³-hybridized carbons (Fsp3) is 0. The molecule has 2 N–H and O–H groups in total. The Bertz CT molecular complexity index is 970. The van der Waals surface area contributed by atoms with Gasteiger partial charge < -0.3 is 10.6 Å². The Kier molecular flexibility index (Phi) is 3.19. The fourth-order valence-corrected chi connectivity index (χ4v) is 2.41. The summed E-state index contributed by atoms with van der Waals surface area (Å²) in [6.45, 7) is 0. The molecule has 22 heavy (non-hydrogen) atoms. The van der Waals surface area contributed by atoms with Gasteiger partial charge in [-0.05, 0) is 30.3 Å². The predicted octanol–water partition coefficient (Wildman–Crippen LogP) is 1.83. The molecule has 6 nitrogen and oxygen atoms in total. The third-order valence-corrected chi connectivity index (χ3v) is 3.38. The molecule has 0 aliphatic carbocycles. The number of rotatable bonds is 1. The van der Waals surface area contributed by atoms with Gasteiger partial charge >= 0.3 is 5.88 Å². The van der Waals surface area contributed by atoms with Gasteiger partial charge in [0.1, 0.15) is 5.21 Å². The third kappa shape index (κ3) is 1.87. The van der Waals surface area contributed by atoms with Crippen molar-refractivity contribution in [2.45, 2.75) is 0 Å². The molecular weight excluding hydrogens is 287 g/mol. The van der Waals surface area contributed by atoms with Crippen LogP contribution in [-0.2, 0) is 0 Å². The molecule has 0 aliphatic rings. The average molecular weight is 298 g/mol. The van der Waals surface area contributed by atoms with E-state index < -0.39 is 0 Å². The van der Waals surface area contributed by atoms with E-state index in [0.29, 0.717) is 22.1 Å². The molecule has 0 spiro atoms. The van der Waals surface area contributed by atoms with Crippen molar-refractivity contribution in [3.8, 4) is 11.6 Å². The zero-order valence-corrected chi connectivity index (χ0v) is 11.3. The van der Waals surface area contributed by atoms with Crippen molar-refractivity contribution in [1.29, 1.82) is 0 Å². The van der Waals surface area contributed by atoms with Crippen molar-refractivity contribution in [2.24, 2.45) is 0 Å². The van der Waals surface area contributed by atoms with Gasteiger partial charge in [0.05, 0.1) is 6.20 Å². The standard InChI is InChI=1S/C15H9FN4O.H2O/c16-12-5-1-3-10-6-7-13-15(21)19(18-20(13)14(10)12)11-4-2-8-17-9-11;/h1-9H;1H2. The summed E-state index contributed by atoms with van der Waals surface area (Å²) in [5.41, 5.74) is 1.35. The van der Waals surface area contributed by atoms with E-state index in [1.54, 1.807) is 48.8 Å². The van der Waals surface area contributed by atoms with E-state index in [4.69, 9.17) is 0 Å². The third-order valence-electron chi connectivity index (χ3n) is 3.38. The predicted molar refractivity (Wildman–Crippen MR) is 75.6 cm³/mol. The van der Waals surface area contributed by atoms with Crippen molar-refractivity contribution in [1.82, 2.24) is 14.9 Å². The van der Waals surface area contributed by atoms with Gasteiger partial charge in [0.15, 0.2) is 17.0 Å². The number of hydrogen-bond acceptors (Lipinski definition) is 4. The first-order valence-electron chi connectivity index (χ1n) is 6.37. The quantitative estimate of drug-likeness (QED) is 0.543. The van der Waals surface area contributed by atoms with Crippen LogP contribution in [0.15, 0.2) is 54.9 Å². The lowest BCUT2D eigenvalue weighted by atomic mass is 10.2. The molecule has 0 atom stereocenters. The molecule has 0 saturated carbocycles. The number of fused-ring (bicyclic) bond motifs is 3. The number of nitrogens with zero attached hydrogens (tertiary/aromatic N) is 4. The zero-order chi connectivity index (χ0) is 14.4. The summed E-state index contributed by atoms with van der Waals surface area (Å²) < 4.78 is 16.8. The van der Waals surface area contributed by atoms with Gasteiger partial charge in [0.25, 0.3) is 0 Å². The normalized spacial score (nSPS) is 10.8. The molecule has 7 heteroatoms. The van der Waals surface area contributed by atoms with Crippen LogP contribution in [0.5, 0.6) is 5.88 Å². The molecule has 3 aromatic heterocycles. The largest absolute Gasteiger partial charge is 0.870 e. The highest BCUT2D eigenvalue weighted by molar-refractivity contribution is 5.78. The maximum Gasteiger partial charge on any atom is 0.359 e. The number of benzene rings is 1. The van der Waals surface area contributed by atoms with Crippen LogP contribution in [0.1, 0.15) is 0 Å². The van der Waals surface area contributed by atoms with E-state index in [1.165, 1.54) is 15.3 Å². The molecule has 4 rings (SSSR count). The number of aromatic nitrogens is 4. The van der Waals surface area contributed by atoms with E-state index >= 15 is 0 Å². The Morgan fingerprint density at radius 1 is 1.09 bits per heavy atom. The topological polar surface area (TPSA) is 85.0 Å². The molecule has 0 radical (unpaired) electrons. The maximum atomic E-state index is 14.1. The second-order valence-electron chi connectivity index (χ2n) is 4.64. The highest BCUT2D eigenvalue weighted by atomic mass is 19.1. The second kappa shape index (κ2) is 5.05. The lowest BCUT2D eigenvalue weighted by molar-refractivity contribution is -0.556. The number of pyridine rings is 2. The molecular formula is C15H11FN4O2. The lowest BCUT2D eigenvalue weighted by Gasteiger charge is -1.95. The van der Waals surface area contributed by atoms with Gasteiger partial charge in [-0.1, -0.05) is 21.3 Å². The van der Waals surface area contributed by atoms with E-state index in [1.807, 2.05) is 0 Å². The SMILES string of the molecule is Oc1c2ccc3cccc(F)c3[n+]2nn1-c1cccnc1.[OH-]. The van der Waals surface area contributed by atoms with Crippen molar-refractivity contribution < 1.29 is 19.5 Å². The first-order valence-corrected chi connectivity index (χ1v) is 6.37. The lowest BCUT2D eigenvalue weighted by Crippen LogP contribution is -2.26. The molecule has 110 valence electrons. The number of para-hydroxylation sites is 1. The van der Waals surface area contributed by atoms with Gasteiger partial charge in [-0.3, -0.25) is 4.98 Å². The highest BCUT2D eigenvalue weighted by Crippen LogP contribution is 2.22. The van der Waals surface area contributed by atoms with Gasteiger partial charge in [-0.2, -0.15) is 0 Å². The molecule has 0 saturated heterocycles. The Balaban J connectivity index is 0.00000144. The Labute approximate surface area is 124 Å². The van der Waals surface area contributed by atoms with Crippen LogP contribution < -0.4 is 4.52 Å². The Hall–Kier alpha value is -3.06. The van der Waals surface area contributed by atoms with Crippen LogP contribution in [0.4, 0.5) is 4.39 Å². The van der Waals surface area contributed by atoms with Gasteiger partial charge in [-0.25, -0.2) is 4.39 Å². The number of halogens is 1. The summed E-state index contributed by atoms with van der Waals surface area (Å²) in [5.74, 6) is -0.452. The molecule has 0 bridgehead atoms. The van der Waals surface area contributed by atoms with Gasteiger partial charge in [0, 0.05) is 11.6 Å². The molecule has 0 aliphatic heterocycles. The zero-order valence-electron chi connectivity index (χ0n) is 11.3. The molecule has 0 amide bonds. The van der Waals surface area contributed by atoms with Gasteiger partial charge in [0.2, 0.25) is 5.52 Å². The maximum absolute atomic E-state index is 14.1. The van der Waals surface area contributed by atoms with Crippen LogP contribution in [0.2, 0.25) is 0 Å². The van der Waals surface area contributed by atoms with E-state index in [9.17, 15) is 9.50 Å². The number of hydrogen-bond donors (Lipinski definition) is 1. The minimum Gasteiger partial charge on any atom is -0.870 e. The van der Waals surface area contributed by atoms with E-state index in [2.05, 4.69) is 10.2 Å². The van der Waals surface area contributed by atoms with Crippen molar-refractivity contribution >= 4 is 16.4 Å². The van der Waals surface area contributed by atoms with Crippen LogP contribution in [0, 0.1) is 5.82 Å². The van der Waals surface area contributed by atoms with Crippen molar-refractivity contribution in [2.75, 3.05) is 0 Å². The summed E-state index contributed by atoms with van der Waals surface area (Å²) in [6.07, 6.45) is 3.21. The minimum absolute atomic E-state index is 0. The van der Waals surface area contributed by atoms with E-state index in [-0.39, 0.29) is 17.2 Å². The van der Waals surface area contributed by atoms with Crippen LogP contribution in [-0.4, -0.2) is 25.5 Å². The summed E-state index contributed by atoms with van der Waals surface area (Å²) >= 11 is 0. The minimum atomic E-state index is -0.390. The van der Waals surface area contributed by atoms with Crippen LogP contribution in [0.3, 0.4) is 0 Å². The molecule has 4 aromatic rings. The van der Waals surface area contributed by atoms with Crippen molar-refractivity contribution in [3.63, 3.8) is 0 Å². The Morgan fingerprint density at radius 2 is 1.95 bits per heavy atom. The average Bonchev–Trinajstić information content (AvgIpc) is 2.85. The van der Waals surface area contributed by atoms with E-state index in [0.717, 1.165) is 0 Å². The summed E-state index contributed by atoms with van der Waals surface area (Å²) in [6, 6.07) is 11.8. The van der Waals surface area contributed by atoms with Gasteiger partial charge in [-0.15, -0.1) is 0 Å². The second-order valence-corrected chi connectivity index (χ2v) is 4.64. The molecule has 1 aromatic carbocycles. The smallest absolute Gasteiger partial charge is 0.359 e. The molecule has 0 unspecified atom stereocenters. The summed E-state index contributed by atoms with van der Waals surface area (Å²) in [4.78, 5) is 4.00. The fourth-order valence-electron chi connectivity index (χ4n) is 2.41. The Morgan fingerprint density at radius 3 is 2.73 bits per heavy atom. The molecule has 0 fully saturated rings. The molecule has 3 heterocycles. The van der Waals surface area contributed by atoms with Crippen molar-refractivity contribution in [3.05, 3.63) is 60.7 Å².